The summed E-state index contributed by atoms with van der Waals surface area (Å²) in [6.45, 7) is 5.66. The van der Waals surface area contributed by atoms with Crippen molar-refractivity contribution in [1.29, 1.82) is 0 Å². The number of carbonyl (C=O) groups excluding carboxylic acids is 3. The molecule has 2 heterocycles. The van der Waals surface area contributed by atoms with Gasteiger partial charge in [0.25, 0.3) is 11.8 Å². The van der Waals surface area contributed by atoms with Crippen LogP contribution in [0.25, 0.3) is 5.57 Å². The van der Waals surface area contributed by atoms with Crippen LogP contribution in [0.1, 0.15) is 35.2 Å². The molecule has 6 nitrogen and oxygen atoms in total. The lowest BCUT2D eigenvalue weighted by molar-refractivity contribution is -0.123. The summed E-state index contributed by atoms with van der Waals surface area (Å²) in [5.41, 5.74) is 5.20. The fourth-order valence-electron chi connectivity index (χ4n) is 4.69. The summed E-state index contributed by atoms with van der Waals surface area (Å²) in [7, 11) is 0. The Morgan fingerprint density at radius 2 is 1.68 bits per heavy atom. The van der Waals surface area contributed by atoms with Gasteiger partial charge in [-0.15, -0.1) is 0 Å². The van der Waals surface area contributed by atoms with E-state index in [0.29, 0.717) is 26.2 Å². The van der Waals surface area contributed by atoms with Gasteiger partial charge in [0.05, 0.1) is 22.2 Å². The van der Waals surface area contributed by atoms with Crippen molar-refractivity contribution in [2.75, 3.05) is 16.8 Å². The van der Waals surface area contributed by atoms with Gasteiger partial charge in [0.2, 0.25) is 5.91 Å². The molecule has 2 aliphatic heterocycles. The van der Waals surface area contributed by atoms with E-state index in [0.717, 1.165) is 28.5 Å². The van der Waals surface area contributed by atoms with Crippen molar-refractivity contribution < 1.29 is 14.4 Å². The zero-order chi connectivity index (χ0) is 26.3. The van der Waals surface area contributed by atoms with E-state index in [1.165, 1.54) is 4.90 Å². The Balaban J connectivity index is 1.45. The monoisotopic (exact) mass is 527 g/mol. The number of nitrogens with zero attached hydrogens (tertiary/aromatic N) is 2. The third kappa shape index (κ3) is 4.58. The van der Waals surface area contributed by atoms with Gasteiger partial charge in [-0.25, -0.2) is 0 Å². The van der Waals surface area contributed by atoms with Crippen LogP contribution >= 0.6 is 24.0 Å². The summed E-state index contributed by atoms with van der Waals surface area (Å²) in [5.74, 6) is -1.00. The maximum Gasteiger partial charge on any atom is 0.267 e. The van der Waals surface area contributed by atoms with Crippen LogP contribution in [0, 0.1) is 13.8 Å². The van der Waals surface area contributed by atoms with Crippen molar-refractivity contribution in [3.05, 3.63) is 100.0 Å². The molecule has 2 aliphatic rings. The lowest BCUT2D eigenvalue weighted by atomic mass is 10.1. The van der Waals surface area contributed by atoms with Gasteiger partial charge >= 0.3 is 0 Å². The number of fused-ring (bicyclic) bond motifs is 1. The molecule has 1 fully saturated rings. The number of benzene rings is 3. The van der Waals surface area contributed by atoms with Gasteiger partial charge < -0.3 is 5.32 Å². The Bertz CT molecular complexity index is 1480. The number of amides is 3. The summed E-state index contributed by atoms with van der Waals surface area (Å²) >= 11 is 6.72. The Morgan fingerprint density at radius 3 is 2.41 bits per heavy atom. The lowest BCUT2D eigenvalue weighted by Gasteiger charge is -2.23. The summed E-state index contributed by atoms with van der Waals surface area (Å²) in [6, 6.07) is 22.4. The van der Waals surface area contributed by atoms with Crippen LogP contribution in [0.4, 0.5) is 11.4 Å². The van der Waals surface area contributed by atoms with Crippen LogP contribution in [0.2, 0.25) is 0 Å². The molecule has 1 unspecified atom stereocenters. The second-order valence-electron chi connectivity index (χ2n) is 9.11. The fraction of sp³-hybridized carbons (Fsp3) is 0.172. The number of para-hydroxylation sites is 1. The molecular formula is C29H25N3O3S2. The molecule has 0 aromatic heterocycles. The lowest BCUT2D eigenvalue weighted by Crippen LogP contribution is -2.36. The molecule has 0 bridgehead atoms. The molecule has 0 radical (unpaired) electrons. The zero-order valence-corrected chi connectivity index (χ0v) is 22.3. The molecule has 8 heteroatoms. The van der Waals surface area contributed by atoms with E-state index in [1.54, 1.807) is 17.0 Å². The summed E-state index contributed by atoms with van der Waals surface area (Å²) in [6.07, 6.45) is 0. The number of thiocarbonyl (C=S) groups is 1. The molecule has 1 N–H and O–H groups in total. The van der Waals surface area contributed by atoms with E-state index in [1.807, 2.05) is 81.4 Å². The first-order valence-corrected chi connectivity index (χ1v) is 13.1. The molecule has 37 heavy (non-hydrogen) atoms. The van der Waals surface area contributed by atoms with Crippen LogP contribution in [0.3, 0.4) is 0 Å². The highest BCUT2D eigenvalue weighted by atomic mass is 32.2. The average Bonchev–Trinajstić information content (AvgIpc) is 3.32. The maximum atomic E-state index is 13.7. The summed E-state index contributed by atoms with van der Waals surface area (Å²) < 4.78 is 0.403. The minimum Gasteiger partial charge on any atom is -0.324 e. The SMILES string of the molecule is Cc1ccc(NC(=O)CN2C(=O)/C(=C3\SC(=S)N(C(C)c4ccccc4)C3=O)c3ccccc32)c(C)c1. The van der Waals surface area contributed by atoms with Gasteiger partial charge in [-0.1, -0.05) is 90.2 Å². The highest BCUT2D eigenvalue weighted by Gasteiger charge is 2.43. The third-order valence-electron chi connectivity index (χ3n) is 6.58. The molecule has 0 aliphatic carbocycles. The number of nitrogens with one attached hydrogen (secondary N) is 1. The Morgan fingerprint density at radius 1 is 0.973 bits per heavy atom. The van der Waals surface area contributed by atoms with Crippen LogP contribution in [0.15, 0.2) is 77.7 Å². The minimum atomic E-state index is -0.384. The number of hydrogen-bond acceptors (Lipinski definition) is 5. The van der Waals surface area contributed by atoms with Crippen molar-refractivity contribution in [3.63, 3.8) is 0 Å². The molecule has 0 spiro atoms. The number of carbonyl (C=O) groups is 3. The largest absolute Gasteiger partial charge is 0.324 e. The first kappa shape index (κ1) is 24.9. The normalized spacial score (nSPS) is 17.9. The number of aryl methyl sites for hydroxylation is 2. The fourth-order valence-corrected chi connectivity index (χ4v) is 6.18. The predicted octanol–water partition coefficient (Wildman–Crippen LogP) is 5.62. The number of thioether (sulfide) groups is 1. The van der Waals surface area contributed by atoms with Gasteiger partial charge in [0, 0.05) is 11.3 Å². The molecule has 5 rings (SSSR count). The second kappa shape index (κ2) is 9.95. The molecular weight excluding hydrogens is 502 g/mol. The standard InChI is InChI=1S/C29H25N3O3S2/c1-17-13-14-22(18(2)15-17)30-24(33)16-31-23-12-8-7-11-21(23)25(27(31)34)26-28(35)32(29(36)37-26)19(3)20-9-5-4-6-10-20/h4-15,19H,16H2,1-3H3,(H,30,33)/b26-25-. The van der Waals surface area contributed by atoms with Gasteiger partial charge in [-0.2, -0.15) is 0 Å². The molecule has 0 saturated carbocycles. The van der Waals surface area contributed by atoms with Gasteiger partial charge in [-0.05, 0) is 44.0 Å². The smallest absolute Gasteiger partial charge is 0.267 e. The van der Waals surface area contributed by atoms with Crippen molar-refractivity contribution in [2.24, 2.45) is 0 Å². The third-order valence-corrected chi connectivity index (χ3v) is 7.98. The number of rotatable bonds is 5. The highest BCUT2D eigenvalue weighted by molar-refractivity contribution is 8.26. The van der Waals surface area contributed by atoms with Gasteiger partial charge in [-0.3, -0.25) is 24.2 Å². The van der Waals surface area contributed by atoms with Crippen molar-refractivity contribution in [2.45, 2.75) is 26.8 Å². The second-order valence-corrected chi connectivity index (χ2v) is 10.8. The quantitative estimate of drug-likeness (QED) is 0.345. The topological polar surface area (TPSA) is 69.7 Å². The summed E-state index contributed by atoms with van der Waals surface area (Å²) in [5, 5.41) is 2.91. The van der Waals surface area contributed by atoms with Crippen molar-refractivity contribution in [1.82, 2.24) is 4.90 Å². The Labute approximate surface area is 225 Å². The Kier molecular flexibility index (Phi) is 6.70. The summed E-state index contributed by atoms with van der Waals surface area (Å²) in [4.78, 5) is 43.6. The predicted molar refractivity (Wildman–Crippen MR) is 152 cm³/mol. The van der Waals surface area contributed by atoms with E-state index in [2.05, 4.69) is 5.32 Å². The number of hydrogen-bond donors (Lipinski definition) is 1. The van der Waals surface area contributed by atoms with E-state index in [9.17, 15) is 14.4 Å². The molecule has 3 aromatic rings. The average molecular weight is 528 g/mol. The van der Waals surface area contributed by atoms with Crippen molar-refractivity contribution >= 4 is 63.0 Å². The van der Waals surface area contributed by atoms with E-state index < -0.39 is 0 Å². The zero-order valence-electron chi connectivity index (χ0n) is 20.6. The Hall–Kier alpha value is -3.75. The molecule has 3 aromatic carbocycles. The van der Waals surface area contributed by atoms with Crippen LogP contribution in [0.5, 0.6) is 0 Å². The van der Waals surface area contributed by atoms with E-state index >= 15 is 0 Å². The van der Waals surface area contributed by atoms with Crippen LogP contribution in [-0.2, 0) is 14.4 Å². The molecule has 3 amide bonds. The van der Waals surface area contributed by atoms with E-state index in [-0.39, 0.29) is 35.9 Å². The first-order chi connectivity index (χ1) is 17.8. The van der Waals surface area contributed by atoms with Crippen molar-refractivity contribution in [3.8, 4) is 0 Å². The molecule has 186 valence electrons. The van der Waals surface area contributed by atoms with E-state index in [4.69, 9.17) is 12.2 Å². The molecule has 1 atom stereocenters. The first-order valence-electron chi connectivity index (χ1n) is 11.9. The molecule has 1 saturated heterocycles. The number of anilines is 2. The van der Waals surface area contributed by atoms with Crippen LogP contribution < -0.4 is 10.2 Å². The maximum absolute atomic E-state index is 13.7. The van der Waals surface area contributed by atoms with Crippen LogP contribution in [-0.4, -0.2) is 33.5 Å². The van der Waals surface area contributed by atoms with Gasteiger partial charge in [0.15, 0.2) is 0 Å². The highest BCUT2D eigenvalue weighted by Crippen LogP contribution is 2.46. The minimum absolute atomic E-state index is 0.173. The van der Waals surface area contributed by atoms with Gasteiger partial charge in [0.1, 0.15) is 10.9 Å².